The van der Waals surface area contributed by atoms with Gasteiger partial charge in [0.15, 0.2) is 0 Å². The molecule has 2 rings (SSSR count). The second kappa shape index (κ2) is 6.68. The van der Waals surface area contributed by atoms with E-state index in [0.29, 0.717) is 17.9 Å². The summed E-state index contributed by atoms with van der Waals surface area (Å²) in [6, 6.07) is 4.52. The van der Waals surface area contributed by atoms with Gasteiger partial charge in [0, 0.05) is 19.3 Å². The highest BCUT2D eigenvalue weighted by atomic mass is 16.5. The van der Waals surface area contributed by atoms with Crippen molar-refractivity contribution in [2.75, 3.05) is 21.2 Å². The summed E-state index contributed by atoms with van der Waals surface area (Å²) in [5, 5.41) is 0. The van der Waals surface area contributed by atoms with Crippen molar-refractivity contribution in [1.29, 1.82) is 0 Å². The van der Waals surface area contributed by atoms with Crippen molar-refractivity contribution < 1.29 is 4.74 Å². The topological polar surface area (TPSA) is 25.4 Å². The Labute approximate surface area is 123 Å². The maximum atomic E-state index is 5.51. The molecule has 1 aromatic heterocycles. The first-order valence-corrected chi connectivity index (χ1v) is 7.68. The van der Waals surface area contributed by atoms with Crippen LogP contribution in [0.5, 0.6) is 0 Å². The minimum absolute atomic E-state index is 0.428. The van der Waals surface area contributed by atoms with Crippen LogP contribution in [0, 0.1) is 0 Å². The first-order valence-electron chi connectivity index (χ1n) is 7.68. The average molecular weight is 276 g/mol. The van der Waals surface area contributed by atoms with Crippen LogP contribution in [0.4, 0.5) is 0 Å². The van der Waals surface area contributed by atoms with E-state index < -0.39 is 0 Å². The van der Waals surface area contributed by atoms with Gasteiger partial charge in [-0.15, -0.1) is 0 Å². The summed E-state index contributed by atoms with van der Waals surface area (Å²) in [6.07, 6.45) is 3.97. The van der Waals surface area contributed by atoms with Gasteiger partial charge in [0.2, 0.25) is 0 Å². The Hall–Kier alpha value is -0.930. The van der Waals surface area contributed by atoms with Gasteiger partial charge in [0.25, 0.3) is 0 Å². The lowest BCUT2D eigenvalue weighted by molar-refractivity contribution is 0.108. The van der Waals surface area contributed by atoms with Crippen LogP contribution in [0.25, 0.3) is 0 Å². The number of pyridine rings is 1. The summed E-state index contributed by atoms with van der Waals surface area (Å²) < 4.78 is 5.51. The van der Waals surface area contributed by atoms with Crippen LogP contribution in [-0.4, -0.2) is 37.2 Å². The largest absolute Gasteiger partial charge is 0.381 e. The number of methoxy groups -OCH3 is 1. The minimum atomic E-state index is 0.428. The van der Waals surface area contributed by atoms with Gasteiger partial charge in [0.1, 0.15) is 0 Å². The van der Waals surface area contributed by atoms with Crippen LogP contribution in [0.1, 0.15) is 61.9 Å². The normalized spacial score (nSPS) is 22.9. The molecule has 3 nitrogen and oxygen atoms in total. The number of hydrogen-bond donors (Lipinski definition) is 0. The van der Waals surface area contributed by atoms with Crippen molar-refractivity contribution in [2.24, 2.45) is 0 Å². The standard InChI is InChI=1S/C17H28N2O/c1-12(2)16-9-8-15(17(18-16)11-19(3)4)13-6-7-14(10-13)20-5/h8-9,12-14H,6-7,10-11H2,1-5H3. The Bertz CT molecular complexity index is 443. The molecule has 0 radical (unpaired) electrons. The van der Waals surface area contributed by atoms with Crippen LogP contribution >= 0.6 is 0 Å². The molecule has 2 atom stereocenters. The predicted octanol–water partition coefficient (Wildman–Crippen LogP) is 3.55. The number of aromatic nitrogens is 1. The zero-order valence-corrected chi connectivity index (χ0v) is 13.5. The number of hydrogen-bond acceptors (Lipinski definition) is 3. The van der Waals surface area contributed by atoms with Crippen molar-refractivity contribution in [3.05, 3.63) is 29.1 Å². The third-order valence-corrected chi connectivity index (χ3v) is 4.25. The fraction of sp³-hybridized carbons (Fsp3) is 0.706. The summed E-state index contributed by atoms with van der Waals surface area (Å²) in [6.45, 7) is 5.33. The van der Waals surface area contributed by atoms with Crippen molar-refractivity contribution in [2.45, 2.75) is 57.6 Å². The summed E-state index contributed by atoms with van der Waals surface area (Å²) in [5.74, 6) is 1.10. The van der Waals surface area contributed by atoms with Crippen LogP contribution in [0.2, 0.25) is 0 Å². The first-order chi connectivity index (χ1) is 9.51. The van der Waals surface area contributed by atoms with Gasteiger partial charge in [-0.05, 0) is 56.8 Å². The van der Waals surface area contributed by atoms with E-state index in [1.165, 1.54) is 29.8 Å². The van der Waals surface area contributed by atoms with E-state index in [-0.39, 0.29) is 0 Å². The summed E-state index contributed by atoms with van der Waals surface area (Å²) in [7, 11) is 6.05. The van der Waals surface area contributed by atoms with Crippen molar-refractivity contribution in [3.8, 4) is 0 Å². The Kier molecular flexibility index (Phi) is 5.17. The van der Waals surface area contributed by atoms with Crippen molar-refractivity contribution >= 4 is 0 Å². The quantitative estimate of drug-likeness (QED) is 0.822. The Morgan fingerprint density at radius 3 is 2.60 bits per heavy atom. The molecular weight excluding hydrogens is 248 g/mol. The SMILES string of the molecule is COC1CCC(c2ccc(C(C)C)nc2CN(C)C)C1. The van der Waals surface area contributed by atoms with E-state index in [4.69, 9.17) is 9.72 Å². The van der Waals surface area contributed by atoms with E-state index in [1.807, 2.05) is 7.11 Å². The predicted molar refractivity (Wildman–Crippen MR) is 83.1 cm³/mol. The van der Waals surface area contributed by atoms with Gasteiger partial charge >= 0.3 is 0 Å². The Morgan fingerprint density at radius 2 is 2.05 bits per heavy atom. The molecule has 1 heterocycles. The molecule has 112 valence electrons. The molecule has 1 aliphatic rings. The highest BCUT2D eigenvalue weighted by Crippen LogP contribution is 2.37. The van der Waals surface area contributed by atoms with E-state index in [1.54, 1.807) is 0 Å². The third kappa shape index (κ3) is 3.58. The molecule has 1 saturated carbocycles. The van der Waals surface area contributed by atoms with Gasteiger partial charge in [-0.2, -0.15) is 0 Å². The van der Waals surface area contributed by atoms with Crippen molar-refractivity contribution in [1.82, 2.24) is 9.88 Å². The summed E-state index contributed by atoms with van der Waals surface area (Å²) in [5.41, 5.74) is 3.89. The van der Waals surface area contributed by atoms with E-state index in [2.05, 4.69) is 45.0 Å². The monoisotopic (exact) mass is 276 g/mol. The van der Waals surface area contributed by atoms with Crippen LogP contribution < -0.4 is 0 Å². The Morgan fingerprint density at radius 1 is 1.30 bits per heavy atom. The molecule has 0 amide bonds. The maximum Gasteiger partial charge on any atom is 0.0581 e. The second-order valence-electron chi connectivity index (χ2n) is 6.53. The Balaban J connectivity index is 2.27. The van der Waals surface area contributed by atoms with Gasteiger partial charge in [0.05, 0.1) is 11.8 Å². The second-order valence-corrected chi connectivity index (χ2v) is 6.53. The number of nitrogens with zero attached hydrogens (tertiary/aromatic N) is 2. The van der Waals surface area contributed by atoms with Crippen LogP contribution in [-0.2, 0) is 11.3 Å². The van der Waals surface area contributed by atoms with Gasteiger partial charge < -0.3 is 9.64 Å². The number of ether oxygens (including phenoxy) is 1. The molecule has 1 fully saturated rings. The molecule has 0 aromatic carbocycles. The molecule has 20 heavy (non-hydrogen) atoms. The molecule has 2 unspecified atom stereocenters. The van der Waals surface area contributed by atoms with Gasteiger partial charge in [-0.1, -0.05) is 19.9 Å². The average Bonchev–Trinajstić information content (AvgIpc) is 2.86. The molecule has 0 aliphatic heterocycles. The van der Waals surface area contributed by atoms with Gasteiger partial charge in [-0.3, -0.25) is 4.98 Å². The van der Waals surface area contributed by atoms with Gasteiger partial charge in [-0.25, -0.2) is 0 Å². The molecule has 1 aromatic rings. The lowest BCUT2D eigenvalue weighted by atomic mass is 9.94. The minimum Gasteiger partial charge on any atom is -0.381 e. The van der Waals surface area contributed by atoms with Crippen molar-refractivity contribution in [3.63, 3.8) is 0 Å². The molecule has 0 N–H and O–H groups in total. The molecular formula is C17H28N2O. The smallest absolute Gasteiger partial charge is 0.0581 e. The van der Waals surface area contributed by atoms with Crippen LogP contribution in [0.15, 0.2) is 12.1 Å². The third-order valence-electron chi connectivity index (χ3n) is 4.25. The fourth-order valence-electron chi connectivity index (χ4n) is 3.09. The van der Waals surface area contributed by atoms with E-state index in [0.717, 1.165) is 13.0 Å². The highest BCUT2D eigenvalue weighted by Gasteiger charge is 2.28. The summed E-state index contributed by atoms with van der Waals surface area (Å²) in [4.78, 5) is 7.13. The van der Waals surface area contributed by atoms with E-state index in [9.17, 15) is 0 Å². The lowest BCUT2D eigenvalue weighted by Gasteiger charge is -2.19. The zero-order chi connectivity index (χ0) is 14.7. The fourth-order valence-corrected chi connectivity index (χ4v) is 3.09. The molecule has 0 bridgehead atoms. The number of rotatable bonds is 5. The molecule has 3 heteroatoms. The van der Waals surface area contributed by atoms with Crippen LogP contribution in [0.3, 0.4) is 0 Å². The molecule has 1 aliphatic carbocycles. The lowest BCUT2D eigenvalue weighted by Crippen LogP contribution is -2.16. The van der Waals surface area contributed by atoms with E-state index >= 15 is 0 Å². The summed E-state index contributed by atoms with van der Waals surface area (Å²) >= 11 is 0. The first kappa shape index (κ1) is 15.5. The highest BCUT2D eigenvalue weighted by molar-refractivity contribution is 5.29. The molecule has 0 spiro atoms. The zero-order valence-electron chi connectivity index (χ0n) is 13.5. The molecule has 0 saturated heterocycles. The maximum absolute atomic E-state index is 5.51.